The number of piperidine rings is 1. The van der Waals surface area contributed by atoms with Gasteiger partial charge in [-0.05, 0) is 37.0 Å². The summed E-state index contributed by atoms with van der Waals surface area (Å²) >= 11 is 0. The van der Waals surface area contributed by atoms with Gasteiger partial charge >= 0.3 is 0 Å². The van der Waals surface area contributed by atoms with E-state index in [4.69, 9.17) is 0 Å². The topological polar surface area (TPSA) is 57.7 Å². The zero-order valence-electron chi connectivity index (χ0n) is 12.9. The number of carbonyl (C=O) groups excluding carboxylic acids is 3. The van der Waals surface area contributed by atoms with E-state index in [1.54, 1.807) is 0 Å². The Hall–Kier alpha value is -1.65. The van der Waals surface area contributed by atoms with Crippen LogP contribution < -0.4 is 0 Å². The molecule has 0 aromatic heterocycles. The van der Waals surface area contributed by atoms with Gasteiger partial charge in [0.05, 0.1) is 11.8 Å². The van der Waals surface area contributed by atoms with Crippen molar-refractivity contribution in [2.45, 2.75) is 26.2 Å². The molecule has 3 fully saturated rings. The third-order valence-electron chi connectivity index (χ3n) is 5.86. The van der Waals surface area contributed by atoms with Gasteiger partial charge in [-0.1, -0.05) is 19.1 Å². The van der Waals surface area contributed by atoms with Gasteiger partial charge in [0, 0.05) is 13.1 Å². The van der Waals surface area contributed by atoms with Gasteiger partial charge in [-0.25, -0.2) is 0 Å². The van der Waals surface area contributed by atoms with E-state index in [9.17, 15) is 14.4 Å². The number of imide groups is 1. The molecule has 4 rings (SSSR count). The van der Waals surface area contributed by atoms with E-state index in [0.29, 0.717) is 5.92 Å². The fraction of sp³-hybridized carbons (Fsp3) is 0.706. The van der Waals surface area contributed by atoms with Crippen LogP contribution in [0.5, 0.6) is 0 Å². The summed E-state index contributed by atoms with van der Waals surface area (Å²) in [4.78, 5) is 40.6. The van der Waals surface area contributed by atoms with Crippen LogP contribution in [0.15, 0.2) is 12.2 Å². The van der Waals surface area contributed by atoms with E-state index in [1.807, 2.05) is 4.90 Å². The van der Waals surface area contributed by atoms with E-state index in [-0.39, 0.29) is 47.9 Å². The molecule has 0 aromatic rings. The second-order valence-electron chi connectivity index (χ2n) is 7.35. The summed E-state index contributed by atoms with van der Waals surface area (Å²) < 4.78 is 0. The summed E-state index contributed by atoms with van der Waals surface area (Å²) in [6, 6.07) is 0. The van der Waals surface area contributed by atoms with Gasteiger partial charge in [-0.2, -0.15) is 0 Å². The minimum Gasteiger partial charge on any atom is -0.341 e. The zero-order valence-corrected chi connectivity index (χ0v) is 12.9. The van der Waals surface area contributed by atoms with Crippen LogP contribution >= 0.6 is 0 Å². The summed E-state index contributed by atoms with van der Waals surface area (Å²) in [7, 11) is 0. The van der Waals surface area contributed by atoms with Gasteiger partial charge in [0.1, 0.15) is 6.54 Å². The summed E-state index contributed by atoms with van der Waals surface area (Å²) in [5, 5.41) is 0. The Morgan fingerprint density at radius 1 is 1.18 bits per heavy atom. The average molecular weight is 302 g/mol. The summed E-state index contributed by atoms with van der Waals surface area (Å²) in [5.41, 5.74) is 0. The maximum absolute atomic E-state index is 12.6. The number of carbonyl (C=O) groups is 3. The first kappa shape index (κ1) is 14.0. The van der Waals surface area contributed by atoms with Gasteiger partial charge < -0.3 is 4.90 Å². The van der Waals surface area contributed by atoms with E-state index in [1.165, 1.54) is 4.90 Å². The van der Waals surface area contributed by atoms with Crippen molar-refractivity contribution in [3.05, 3.63) is 12.2 Å². The number of amides is 3. The summed E-state index contributed by atoms with van der Waals surface area (Å²) in [6.45, 7) is 3.57. The highest BCUT2D eigenvalue weighted by atomic mass is 16.2. The third-order valence-corrected chi connectivity index (χ3v) is 5.86. The van der Waals surface area contributed by atoms with Gasteiger partial charge in [0.15, 0.2) is 0 Å². The maximum atomic E-state index is 12.6. The van der Waals surface area contributed by atoms with Crippen molar-refractivity contribution in [2.75, 3.05) is 19.6 Å². The molecule has 5 heteroatoms. The Balaban J connectivity index is 1.47. The summed E-state index contributed by atoms with van der Waals surface area (Å²) in [5.74, 6) is 0.209. The van der Waals surface area contributed by atoms with Crippen molar-refractivity contribution in [3.8, 4) is 0 Å². The average Bonchev–Trinajstić information content (AvgIpc) is 3.17. The summed E-state index contributed by atoms with van der Waals surface area (Å²) in [6.07, 6.45) is 7.24. The standard InChI is InChI=1S/C17H22N2O3/c1-10-3-2-6-18(8-10)13(20)9-19-16(21)14-11-4-5-12(7-11)15(14)17(19)22/h4-5,10-12,14-15H,2-3,6-9H2,1H3/t10-,11-,12+,14-,15-/m0/s1. The van der Waals surface area contributed by atoms with E-state index in [0.717, 1.165) is 32.4 Å². The predicted octanol–water partition coefficient (Wildman–Crippen LogP) is 1.05. The Labute approximate surface area is 130 Å². The molecule has 5 nitrogen and oxygen atoms in total. The number of nitrogens with zero attached hydrogens (tertiary/aromatic N) is 2. The SMILES string of the molecule is C[C@H]1CCCN(C(=O)CN2C(=O)[C@@H]3[C@@H](C2=O)[C@H]2C=C[C@@H]3C2)C1. The third kappa shape index (κ3) is 1.94. The molecule has 5 atom stereocenters. The molecule has 0 unspecified atom stereocenters. The highest BCUT2D eigenvalue weighted by Crippen LogP contribution is 2.52. The van der Waals surface area contributed by atoms with Crippen molar-refractivity contribution in [1.29, 1.82) is 0 Å². The Bertz CT molecular complexity index is 540. The minimum absolute atomic E-state index is 0.0587. The van der Waals surface area contributed by atoms with Gasteiger partial charge in [0.25, 0.3) is 0 Å². The Kier molecular flexibility index (Phi) is 3.13. The molecule has 0 radical (unpaired) electrons. The van der Waals surface area contributed by atoms with Gasteiger partial charge in [-0.15, -0.1) is 0 Å². The molecule has 118 valence electrons. The van der Waals surface area contributed by atoms with Crippen LogP contribution in [-0.4, -0.2) is 47.2 Å². The maximum Gasteiger partial charge on any atom is 0.242 e. The second kappa shape index (κ2) is 4.93. The molecule has 1 saturated carbocycles. The molecule has 0 spiro atoms. The lowest BCUT2D eigenvalue weighted by atomic mass is 9.85. The van der Waals surface area contributed by atoms with Crippen LogP contribution in [0.4, 0.5) is 0 Å². The Morgan fingerprint density at radius 3 is 2.41 bits per heavy atom. The lowest BCUT2D eigenvalue weighted by molar-refractivity contribution is -0.147. The molecule has 3 amide bonds. The van der Waals surface area contributed by atoms with Crippen molar-refractivity contribution >= 4 is 17.7 Å². The minimum atomic E-state index is -0.199. The number of allylic oxidation sites excluding steroid dienone is 2. The first-order chi connectivity index (χ1) is 10.6. The van der Waals surface area contributed by atoms with Crippen LogP contribution in [0.1, 0.15) is 26.2 Å². The van der Waals surface area contributed by atoms with Gasteiger partial charge in [-0.3, -0.25) is 19.3 Å². The monoisotopic (exact) mass is 302 g/mol. The highest BCUT2D eigenvalue weighted by molar-refractivity contribution is 6.08. The first-order valence-corrected chi connectivity index (χ1v) is 8.37. The lowest BCUT2D eigenvalue weighted by Gasteiger charge is -2.32. The fourth-order valence-corrected chi connectivity index (χ4v) is 4.77. The van der Waals surface area contributed by atoms with Crippen LogP contribution in [0.3, 0.4) is 0 Å². The van der Waals surface area contributed by atoms with E-state index < -0.39 is 0 Å². The number of fused-ring (bicyclic) bond motifs is 5. The number of hydrogen-bond acceptors (Lipinski definition) is 3. The molecule has 0 aromatic carbocycles. The van der Waals surface area contributed by atoms with E-state index >= 15 is 0 Å². The molecule has 4 aliphatic rings. The predicted molar refractivity (Wildman–Crippen MR) is 79.4 cm³/mol. The molecule has 2 aliphatic carbocycles. The lowest BCUT2D eigenvalue weighted by Crippen LogP contribution is -2.46. The van der Waals surface area contributed by atoms with Crippen LogP contribution in [0.25, 0.3) is 0 Å². The second-order valence-corrected chi connectivity index (χ2v) is 7.35. The highest BCUT2D eigenvalue weighted by Gasteiger charge is 2.59. The van der Waals surface area contributed by atoms with Crippen molar-refractivity contribution < 1.29 is 14.4 Å². The van der Waals surface area contributed by atoms with Gasteiger partial charge in [0.2, 0.25) is 17.7 Å². The number of hydrogen-bond donors (Lipinski definition) is 0. The van der Waals surface area contributed by atoms with Crippen molar-refractivity contribution in [1.82, 2.24) is 9.80 Å². The number of likely N-dealkylation sites (tertiary alicyclic amines) is 2. The number of rotatable bonds is 2. The molecule has 22 heavy (non-hydrogen) atoms. The molecule has 2 bridgehead atoms. The molecular formula is C17H22N2O3. The van der Waals surface area contributed by atoms with Crippen molar-refractivity contribution in [2.24, 2.45) is 29.6 Å². The smallest absolute Gasteiger partial charge is 0.242 e. The van der Waals surface area contributed by atoms with Crippen LogP contribution in [0, 0.1) is 29.6 Å². The van der Waals surface area contributed by atoms with Crippen molar-refractivity contribution in [3.63, 3.8) is 0 Å². The van der Waals surface area contributed by atoms with Crippen LogP contribution in [0.2, 0.25) is 0 Å². The molecular weight excluding hydrogens is 280 g/mol. The normalized spacial score (nSPS) is 39.8. The quantitative estimate of drug-likeness (QED) is 0.566. The zero-order chi connectivity index (χ0) is 15.4. The van der Waals surface area contributed by atoms with E-state index in [2.05, 4.69) is 19.1 Å². The largest absolute Gasteiger partial charge is 0.341 e. The molecule has 0 N–H and O–H groups in total. The Morgan fingerprint density at radius 2 is 1.82 bits per heavy atom. The molecule has 2 heterocycles. The molecule has 2 saturated heterocycles. The molecule has 2 aliphatic heterocycles. The first-order valence-electron chi connectivity index (χ1n) is 8.37. The fourth-order valence-electron chi connectivity index (χ4n) is 4.77. The van der Waals surface area contributed by atoms with Crippen LogP contribution in [-0.2, 0) is 14.4 Å².